The Bertz CT molecular complexity index is 465. The zero-order chi connectivity index (χ0) is 14.0. The van der Waals surface area contributed by atoms with Gasteiger partial charge in [0.1, 0.15) is 17.0 Å². The van der Waals surface area contributed by atoms with Crippen LogP contribution in [-0.2, 0) is 22.4 Å². The van der Waals surface area contributed by atoms with Crippen LogP contribution in [0.1, 0.15) is 18.1 Å². The summed E-state index contributed by atoms with van der Waals surface area (Å²) >= 11 is 0. The highest BCUT2D eigenvalue weighted by Crippen LogP contribution is 2.40. The molecule has 1 aliphatic rings. The average molecular weight is 265 g/mol. The van der Waals surface area contributed by atoms with E-state index in [-0.39, 0.29) is 5.97 Å². The second-order valence-corrected chi connectivity index (χ2v) is 4.66. The van der Waals surface area contributed by atoms with Crippen LogP contribution in [-0.4, -0.2) is 32.3 Å². The molecular formula is C14H19NO4. The molecule has 5 nitrogen and oxygen atoms in total. The van der Waals surface area contributed by atoms with E-state index in [1.165, 1.54) is 0 Å². The highest BCUT2D eigenvalue weighted by molar-refractivity contribution is 5.83. The average Bonchev–Trinajstić information content (AvgIpc) is 2.76. The fourth-order valence-electron chi connectivity index (χ4n) is 2.53. The second kappa shape index (κ2) is 5.09. The quantitative estimate of drug-likeness (QED) is 0.824. The van der Waals surface area contributed by atoms with Gasteiger partial charge in [0.25, 0.3) is 0 Å². The van der Waals surface area contributed by atoms with Crippen LogP contribution in [0.25, 0.3) is 0 Å². The van der Waals surface area contributed by atoms with Crippen molar-refractivity contribution in [2.75, 3.05) is 20.8 Å². The molecule has 0 spiro atoms. The minimum absolute atomic E-state index is 0.322. The Morgan fingerprint density at radius 1 is 1.21 bits per heavy atom. The fraction of sp³-hybridized carbons (Fsp3) is 0.500. The molecular weight excluding hydrogens is 246 g/mol. The van der Waals surface area contributed by atoms with Gasteiger partial charge in [0.15, 0.2) is 0 Å². The SMILES string of the molecule is CCOC(=O)C1(N)Cc2c(OC)ccc(OC)c2C1. The summed E-state index contributed by atoms with van der Waals surface area (Å²) in [5.41, 5.74) is 7.03. The van der Waals surface area contributed by atoms with E-state index >= 15 is 0 Å². The van der Waals surface area contributed by atoms with Gasteiger partial charge in [-0.05, 0) is 19.1 Å². The summed E-state index contributed by atoms with van der Waals surface area (Å²) in [6, 6.07) is 3.66. The molecule has 0 heterocycles. The number of esters is 1. The number of fused-ring (bicyclic) bond motifs is 1. The second-order valence-electron chi connectivity index (χ2n) is 4.66. The number of rotatable bonds is 4. The van der Waals surface area contributed by atoms with E-state index in [9.17, 15) is 4.79 Å². The number of methoxy groups -OCH3 is 2. The van der Waals surface area contributed by atoms with Gasteiger partial charge in [-0.1, -0.05) is 0 Å². The molecule has 0 atom stereocenters. The van der Waals surface area contributed by atoms with E-state index < -0.39 is 5.54 Å². The first-order chi connectivity index (χ1) is 9.05. The molecule has 0 fully saturated rings. The van der Waals surface area contributed by atoms with Gasteiger partial charge in [0, 0.05) is 24.0 Å². The third-order valence-corrected chi connectivity index (χ3v) is 3.45. The summed E-state index contributed by atoms with van der Waals surface area (Å²) in [7, 11) is 3.20. The van der Waals surface area contributed by atoms with E-state index in [0.29, 0.717) is 19.4 Å². The van der Waals surface area contributed by atoms with Crippen molar-refractivity contribution in [2.24, 2.45) is 5.73 Å². The number of carbonyl (C=O) groups excluding carboxylic acids is 1. The van der Waals surface area contributed by atoms with Crippen molar-refractivity contribution in [1.82, 2.24) is 0 Å². The highest BCUT2D eigenvalue weighted by Gasteiger charge is 2.44. The first-order valence-corrected chi connectivity index (χ1v) is 6.24. The monoisotopic (exact) mass is 265 g/mol. The molecule has 1 aromatic carbocycles. The molecule has 0 saturated carbocycles. The summed E-state index contributed by atoms with van der Waals surface area (Å²) in [6.45, 7) is 2.09. The van der Waals surface area contributed by atoms with Crippen molar-refractivity contribution in [3.63, 3.8) is 0 Å². The third-order valence-electron chi connectivity index (χ3n) is 3.45. The number of ether oxygens (including phenoxy) is 3. The lowest BCUT2D eigenvalue weighted by Crippen LogP contribution is -2.50. The molecule has 0 aromatic heterocycles. The zero-order valence-corrected chi connectivity index (χ0v) is 11.5. The maximum absolute atomic E-state index is 12.0. The van der Waals surface area contributed by atoms with E-state index in [2.05, 4.69) is 0 Å². The van der Waals surface area contributed by atoms with Crippen LogP contribution in [0.15, 0.2) is 12.1 Å². The lowest BCUT2D eigenvalue weighted by atomic mass is 9.97. The largest absolute Gasteiger partial charge is 0.496 e. The standard InChI is InChI=1S/C14H19NO4/c1-4-19-13(16)14(15)7-9-10(8-14)12(18-3)6-5-11(9)17-2/h5-6H,4,7-8,15H2,1-3H3. The molecule has 1 aliphatic carbocycles. The normalized spacial score (nSPS) is 15.8. The molecule has 0 saturated heterocycles. The molecule has 2 N–H and O–H groups in total. The lowest BCUT2D eigenvalue weighted by Gasteiger charge is -2.20. The van der Waals surface area contributed by atoms with Crippen molar-refractivity contribution in [3.05, 3.63) is 23.3 Å². The predicted molar refractivity (Wildman–Crippen MR) is 70.5 cm³/mol. The first-order valence-electron chi connectivity index (χ1n) is 6.24. The van der Waals surface area contributed by atoms with E-state index in [4.69, 9.17) is 19.9 Å². The smallest absolute Gasteiger partial charge is 0.326 e. The number of carbonyl (C=O) groups is 1. The Balaban J connectivity index is 2.39. The number of hydrogen-bond donors (Lipinski definition) is 1. The Hall–Kier alpha value is -1.75. The topological polar surface area (TPSA) is 70.8 Å². The molecule has 0 unspecified atom stereocenters. The van der Waals surface area contributed by atoms with Crippen molar-refractivity contribution >= 4 is 5.97 Å². The van der Waals surface area contributed by atoms with Crippen LogP contribution in [0.5, 0.6) is 11.5 Å². The van der Waals surface area contributed by atoms with Gasteiger partial charge >= 0.3 is 5.97 Å². The Labute approximate surface area is 112 Å². The van der Waals surface area contributed by atoms with Crippen LogP contribution in [0.4, 0.5) is 0 Å². The van der Waals surface area contributed by atoms with Gasteiger partial charge in [-0.15, -0.1) is 0 Å². The van der Waals surface area contributed by atoms with Crippen molar-refractivity contribution in [2.45, 2.75) is 25.3 Å². The summed E-state index contributed by atoms with van der Waals surface area (Å²) in [6.07, 6.45) is 0.809. The molecule has 1 aromatic rings. The number of nitrogens with two attached hydrogens (primary N) is 1. The Morgan fingerprint density at radius 2 is 1.68 bits per heavy atom. The zero-order valence-electron chi connectivity index (χ0n) is 11.5. The van der Waals surface area contributed by atoms with E-state index in [1.807, 2.05) is 12.1 Å². The number of benzene rings is 1. The van der Waals surface area contributed by atoms with Crippen molar-refractivity contribution in [1.29, 1.82) is 0 Å². The van der Waals surface area contributed by atoms with Gasteiger partial charge in [-0.3, -0.25) is 4.79 Å². The van der Waals surface area contributed by atoms with Crippen molar-refractivity contribution < 1.29 is 19.0 Å². The van der Waals surface area contributed by atoms with E-state index in [1.54, 1.807) is 21.1 Å². The molecule has 2 rings (SSSR count). The van der Waals surface area contributed by atoms with Gasteiger partial charge in [-0.2, -0.15) is 0 Å². The Kier molecular flexibility index (Phi) is 3.66. The third kappa shape index (κ3) is 2.26. The minimum atomic E-state index is -1.03. The molecule has 0 radical (unpaired) electrons. The van der Waals surface area contributed by atoms with E-state index in [0.717, 1.165) is 22.6 Å². The molecule has 104 valence electrons. The maximum Gasteiger partial charge on any atom is 0.326 e. The molecule has 0 bridgehead atoms. The van der Waals surface area contributed by atoms with Crippen LogP contribution >= 0.6 is 0 Å². The van der Waals surface area contributed by atoms with Gasteiger partial charge < -0.3 is 19.9 Å². The maximum atomic E-state index is 12.0. The van der Waals surface area contributed by atoms with Crippen LogP contribution < -0.4 is 15.2 Å². The fourth-order valence-corrected chi connectivity index (χ4v) is 2.53. The lowest BCUT2D eigenvalue weighted by molar-refractivity contribution is -0.149. The number of hydrogen-bond acceptors (Lipinski definition) is 5. The van der Waals surface area contributed by atoms with Crippen LogP contribution in [0, 0.1) is 0 Å². The Morgan fingerprint density at radius 3 is 2.05 bits per heavy atom. The van der Waals surface area contributed by atoms with Gasteiger partial charge in [0.2, 0.25) is 0 Å². The van der Waals surface area contributed by atoms with Crippen molar-refractivity contribution in [3.8, 4) is 11.5 Å². The first kappa shape index (κ1) is 13.7. The van der Waals surface area contributed by atoms with Crippen LogP contribution in [0.2, 0.25) is 0 Å². The molecule has 0 aliphatic heterocycles. The summed E-state index contributed by atoms with van der Waals surface area (Å²) in [4.78, 5) is 12.0. The predicted octanol–water partition coefficient (Wildman–Crippen LogP) is 1.06. The van der Waals surface area contributed by atoms with Gasteiger partial charge in [0.05, 0.1) is 20.8 Å². The molecule has 0 amide bonds. The summed E-state index contributed by atoms with van der Waals surface area (Å²) in [5.74, 6) is 1.08. The molecule has 5 heteroatoms. The highest BCUT2D eigenvalue weighted by atomic mass is 16.5. The van der Waals surface area contributed by atoms with Crippen LogP contribution in [0.3, 0.4) is 0 Å². The van der Waals surface area contributed by atoms with Gasteiger partial charge in [-0.25, -0.2) is 0 Å². The minimum Gasteiger partial charge on any atom is -0.496 e. The summed E-state index contributed by atoms with van der Waals surface area (Å²) < 4.78 is 15.7. The summed E-state index contributed by atoms with van der Waals surface area (Å²) in [5, 5.41) is 0. The molecule has 19 heavy (non-hydrogen) atoms.